The number of rotatable bonds is 15. The van der Waals surface area contributed by atoms with E-state index in [1.807, 2.05) is 12.2 Å². The Hall–Kier alpha value is -1.34. The number of allylic oxidation sites excluding steroid dienone is 2. The Morgan fingerprint density at radius 3 is 2.38 bits per heavy atom. The van der Waals surface area contributed by atoms with E-state index >= 15 is 0 Å². The molecule has 5 nitrogen and oxygen atoms in total. The number of unbranched alkanes of at least 4 members (excludes halogenated alkanes) is 4. The number of carboxylic acid groups (broad SMARTS) is 1. The van der Waals surface area contributed by atoms with Crippen molar-refractivity contribution >= 4 is 11.8 Å². The molecule has 1 aliphatic carbocycles. The highest BCUT2D eigenvalue weighted by atomic mass is 19.3. The molecule has 4 atom stereocenters. The zero-order valence-electron chi connectivity index (χ0n) is 17.3. The molecular formula is C22H35F2O5-. The lowest BCUT2D eigenvalue weighted by molar-refractivity contribution is -0.305. The van der Waals surface area contributed by atoms with Crippen LogP contribution in [0.15, 0.2) is 12.2 Å². The average Bonchev–Trinajstić information content (AvgIpc) is 2.92. The van der Waals surface area contributed by atoms with Crippen molar-refractivity contribution in [2.75, 3.05) is 0 Å². The number of aliphatic hydroxyl groups excluding tert-OH is 2. The molecule has 1 saturated carbocycles. The molecule has 0 aliphatic heterocycles. The van der Waals surface area contributed by atoms with Crippen molar-refractivity contribution in [3.8, 4) is 0 Å². The first-order chi connectivity index (χ1) is 13.7. The van der Waals surface area contributed by atoms with E-state index in [0.717, 1.165) is 19.3 Å². The predicted octanol–water partition coefficient (Wildman–Crippen LogP) is 3.17. The number of aliphatic carboxylic acids is 1. The molecule has 0 aromatic heterocycles. The van der Waals surface area contributed by atoms with Gasteiger partial charge in [-0.3, -0.25) is 4.79 Å². The number of carbonyl (C=O) groups excluding carboxylic acids is 2. The van der Waals surface area contributed by atoms with Crippen molar-refractivity contribution in [1.29, 1.82) is 0 Å². The van der Waals surface area contributed by atoms with E-state index in [-0.39, 0.29) is 37.5 Å². The molecule has 0 radical (unpaired) electrons. The Bertz CT molecular complexity index is 535. The maximum absolute atomic E-state index is 13.9. The molecule has 7 heteroatoms. The van der Waals surface area contributed by atoms with Crippen LogP contribution in [0.2, 0.25) is 0 Å². The number of carbonyl (C=O) groups is 2. The van der Waals surface area contributed by atoms with Gasteiger partial charge in [-0.25, -0.2) is 0 Å². The van der Waals surface area contributed by atoms with E-state index in [2.05, 4.69) is 0 Å². The first-order valence-electron chi connectivity index (χ1n) is 10.8. The van der Waals surface area contributed by atoms with Gasteiger partial charge in [0, 0.05) is 18.8 Å². The molecule has 1 aliphatic rings. The molecule has 29 heavy (non-hydrogen) atoms. The summed E-state index contributed by atoms with van der Waals surface area (Å²) >= 11 is 0. The minimum absolute atomic E-state index is 0.0633. The number of aliphatic hydroxyl groups is 2. The van der Waals surface area contributed by atoms with E-state index in [0.29, 0.717) is 25.7 Å². The van der Waals surface area contributed by atoms with Crippen molar-refractivity contribution in [1.82, 2.24) is 0 Å². The molecular weight excluding hydrogens is 382 g/mol. The number of halogens is 2. The van der Waals surface area contributed by atoms with Crippen LogP contribution >= 0.6 is 0 Å². The molecule has 0 aromatic rings. The number of Topliss-reactive ketones (excluding diaryl/α,β-unsaturated/α-hetero) is 1. The normalized spacial score (nSPS) is 25.0. The Balaban J connectivity index is 2.43. The second-order valence-corrected chi connectivity index (χ2v) is 8.15. The number of hydrogen-bond acceptors (Lipinski definition) is 5. The fourth-order valence-corrected chi connectivity index (χ4v) is 4.00. The van der Waals surface area contributed by atoms with Crippen LogP contribution in [-0.2, 0) is 9.59 Å². The Kier molecular flexibility index (Phi) is 11.6. The summed E-state index contributed by atoms with van der Waals surface area (Å²) in [5.41, 5.74) is 0. The van der Waals surface area contributed by atoms with Gasteiger partial charge < -0.3 is 20.1 Å². The number of hydrogen-bond donors (Lipinski definition) is 2. The summed E-state index contributed by atoms with van der Waals surface area (Å²) in [5, 5.41) is 30.7. The molecule has 1 rings (SSSR count). The first kappa shape index (κ1) is 25.7. The zero-order chi connectivity index (χ0) is 21.9. The second kappa shape index (κ2) is 13.1. The van der Waals surface area contributed by atoms with Crippen LogP contribution in [0.1, 0.15) is 84.0 Å². The van der Waals surface area contributed by atoms with Crippen molar-refractivity contribution < 1.29 is 33.7 Å². The monoisotopic (exact) mass is 417 g/mol. The summed E-state index contributed by atoms with van der Waals surface area (Å²) in [5.74, 6) is -6.06. The fraction of sp³-hybridized carbons (Fsp3) is 0.818. The van der Waals surface area contributed by atoms with Crippen LogP contribution in [0.5, 0.6) is 0 Å². The highest BCUT2D eigenvalue weighted by Crippen LogP contribution is 2.39. The summed E-state index contributed by atoms with van der Waals surface area (Å²) < 4.78 is 27.7. The molecule has 1 fully saturated rings. The van der Waals surface area contributed by atoms with Crippen LogP contribution in [0.4, 0.5) is 8.78 Å². The molecule has 168 valence electrons. The van der Waals surface area contributed by atoms with Gasteiger partial charge in [0.2, 0.25) is 5.78 Å². The van der Waals surface area contributed by atoms with Gasteiger partial charge in [0.05, 0.1) is 12.2 Å². The predicted molar refractivity (Wildman–Crippen MR) is 104 cm³/mol. The number of carboxylic acids is 1. The van der Waals surface area contributed by atoms with E-state index < -0.39 is 36.3 Å². The van der Waals surface area contributed by atoms with Gasteiger partial charge in [0.1, 0.15) is 0 Å². The van der Waals surface area contributed by atoms with Gasteiger partial charge in [0.25, 0.3) is 0 Å². The standard InChI is InChI=1S/C22H36F2O5/c1-2-3-14-22(23,24)20(27)13-12-17-16(18(25)15-19(17)26)10-8-6-4-5-7-9-11-21(28)29/h6,8,16-19,25-26H,2-5,7,9-15H2,1H3,(H,28,29)/p-1/b8-6-/t16-,17-,18+,19-/m1/s1. The van der Waals surface area contributed by atoms with E-state index in [9.17, 15) is 33.7 Å². The summed E-state index contributed by atoms with van der Waals surface area (Å²) in [6.07, 6.45) is 6.49. The molecule has 0 aromatic carbocycles. The first-order valence-corrected chi connectivity index (χ1v) is 10.8. The molecule has 0 saturated heterocycles. The summed E-state index contributed by atoms with van der Waals surface area (Å²) in [6.45, 7) is 1.79. The third-order valence-electron chi connectivity index (χ3n) is 5.80. The number of ketones is 1. The zero-order valence-corrected chi connectivity index (χ0v) is 17.3. The highest BCUT2D eigenvalue weighted by Gasteiger charge is 2.43. The molecule has 2 N–H and O–H groups in total. The molecule has 0 heterocycles. The lowest BCUT2D eigenvalue weighted by atomic mass is 9.85. The van der Waals surface area contributed by atoms with Gasteiger partial charge in [-0.15, -0.1) is 0 Å². The van der Waals surface area contributed by atoms with Gasteiger partial charge >= 0.3 is 5.92 Å². The van der Waals surface area contributed by atoms with Gasteiger partial charge in [-0.05, 0) is 63.2 Å². The molecule has 0 unspecified atom stereocenters. The maximum Gasteiger partial charge on any atom is 0.305 e. The quantitative estimate of drug-likeness (QED) is 0.315. The summed E-state index contributed by atoms with van der Waals surface area (Å²) in [4.78, 5) is 22.2. The average molecular weight is 418 g/mol. The van der Waals surface area contributed by atoms with Crippen LogP contribution in [-0.4, -0.2) is 40.1 Å². The van der Waals surface area contributed by atoms with Gasteiger partial charge in [-0.2, -0.15) is 8.78 Å². The van der Waals surface area contributed by atoms with E-state index in [4.69, 9.17) is 0 Å². The minimum atomic E-state index is -3.32. The van der Waals surface area contributed by atoms with Gasteiger partial charge in [0.15, 0.2) is 0 Å². The van der Waals surface area contributed by atoms with Crippen molar-refractivity contribution in [2.24, 2.45) is 11.8 Å². The van der Waals surface area contributed by atoms with Crippen LogP contribution in [0.25, 0.3) is 0 Å². The maximum atomic E-state index is 13.9. The van der Waals surface area contributed by atoms with Crippen LogP contribution in [0.3, 0.4) is 0 Å². The molecule has 0 amide bonds. The van der Waals surface area contributed by atoms with Crippen molar-refractivity contribution in [3.63, 3.8) is 0 Å². The smallest absolute Gasteiger partial charge is 0.305 e. The third kappa shape index (κ3) is 9.34. The van der Waals surface area contributed by atoms with Crippen molar-refractivity contribution in [2.45, 2.75) is 102 Å². The molecule has 0 bridgehead atoms. The fourth-order valence-electron chi connectivity index (χ4n) is 4.00. The topological polar surface area (TPSA) is 97.7 Å². The lowest BCUT2D eigenvalue weighted by Gasteiger charge is -2.23. The Morgan fingerprint density at radius 2 is 1.72 bits per heavy atom. The molecule has 0 spiro atoms. The van der Waals surface area contributed by atoms with E-state index in [1.54, 1.807) is 6.92 Å². The van der Waals surface area contributed by atoms with Gasteiger partial charge in [-0.1, -0.05) is 31.9 Å². The third-order valence-corrected chi connectivity index (χ3v) is 5.80. The SMILES string of the molecule is CCCCC(F)(F)C(=O)CC[C@@H]1[C@@H](C/C=C\CCCCCC(=O)[O-])[C@@H](O)C[C@H]1O. The summed E-state index contributed by atoms with van der Waals surface area (Å²) in [6, 6.07) is 0. The minimum Gasteiger partial charge on any atom is -0.550 e. The Labute approximate surface area is 172 Å². The van der Waals surface area contributed by atoms with Crippen LogP contribution in [0, 0.1) is 11.8 Å². The van der Waals surface area contributed by atoms with Crippen molar-refractivity contribution in [3.05, 3.63) is 12.2 Å². The lowest BCUT2D eigenvalue weighted by Crippen LogP contribution is -2.30. The second-order valence-electron chi connectivity index (χ2n) is 8.15. The van der Waals surface area contributed by atoms with Crippen LogP contribution < -0.4 is 5.11 Å². The summed E-state index contributed by atoms with van der Waals surface area (Å²) in [7, 11) is 0. The van der Waals surface area contributed by atoms with E-state index in [1.165, 1.54) is 0 Å². The largest absolute Gasteiger partial charge is 0.550 e. The highest BCUT2D eigenvalue weighted by molar-refractivity contribution is 5.85. The Morgan fingerprint density at radius 1 is 1.03 bits per heavy atom. The number of alkyl halides is 2.